The molecule has 3 aromatic rings. The first-order chi connectivity index (χ1) is 14.0. The molecule has 1 amide bonds. The molecule has 0 bridgehead atoms. The fourth-order valence-electron chi connectivity index (χ4n) is 3.83. The number of hydrogen-bond donors (Lipinski definition) is 1. The second-order valence-corrected chi connectivity index (χ2v) is 9.96. The minimum Gasteiger partial charge on any atom is -0.352 e. The van der Waals surface area contributed by atoms with Crippen molar-refractivity contribution < 1.29 is 13.2 Å². The Morgan fingerprint density at radius 1 is 0.931 bits per heavy atom. The van der Waals surface area contributed by atoms with Crippen LogP contribution in [0.25, 0.3) is 21.9 Å². The van der Waals surface area contributed by atoms with Gasteiger partial charge in [-0.2, -0.15) is 0 Å². The van der Waals surface area contributed by atoms with Crippen LogP contribution in [0.2, 0.25) is 0 Å². The molecule has 0 aliphatic carbocycles. The highest BCUT2D eigenvalue weighted by molar-refractivity contribution is 7.91. The minimum absolute atomic E-state index is 0.0893. The van der Waals surface area contributed by atoms with Crippen LogP contribution in [0.4, 0.5) is 0 Å². The van der Waals surface area contributed by atoms with E-state index in [-0.39, 0.29) is 17.4 Å². The number of sulfone groups is 1. The van der Waals surface area contributed by atoms with Crippen molar-refractivity contribution in [2.24, 2.45) is 5.92 Å². The summed E-state index contributed by atoms with van der Waals surface area (Å²) in [7, 11) is -2.83. The third-order valence-corrected chi connectivity index (χ3v) is 7.34. The summed E-state index contributed by atoms with van der Waals surface area (Å²) in [4.78, 5) is 16.6. The summed E-state index contributed by atoms with van der Waals surface area (Å²) in [5.41, 5.74) is 2.87. The maximum atomic E-state index is 12.5. The average Bonchev–Trinajstić information content (AvgIpc) is 2.74. The molecule has 1 aromatic heterocycles. The molecular formula is C23H24N2O3S. The molecule has 1 aliphatic heterocycles. The number of amides is 1. The van der Waals surface area contributed by atoms with E-state index in [1.54, 1.807) is 12.4 Å². The van der Waals surface area contributed by atoms with Crippen molar-refractivity contribution in [1.29, 1.82) is 0 Å². The van der Waals surface area contributed by atoms with Crippen molar-refractivity contribution in [3.05, 3.63) is 66.5 Å². The van der Waals surface area contributed by atoms with Gasteiger partial charge in [-0.1, -0.05) is 18.2 Å². The molecule has 150 valence electrons. The number of pyridine rings is 1. The van der Waals surface area contributed by atoms with Gasteiger partial charge < -0.3 is 5.32 Å². The van der Waals surface area contributed by atoms with E-state index in [0.29, 0.717) is 30.9 Å². The maximum absolute atomic E-state index is 12.5. The first kappa shape index (κ1) is 19.6. The molecule has 0 atom stereocenters. The van der Waals surface area contributed by atoms with Gasteiger partial charge in [0.25, 0.3) is 5.91 Å². The molecule has 6 heteroatoms. The first-order valence-corrected chi connectivity index (χ1v) is 11.8. The number of carbonyl (C=O) groups excluding carboxylic acids is 1. The molecule has 1 saturated heterocycles. The number of hydrogen-bond acceptors (Lipinski definition) is 4. The fourth-order valence-corrected chi connectivity index (χ4v) is 5.42. The van der Waals surface area contributed by atoms with Gasteiger partial charge in [0.2, 0.25) is 0 Å². The monoisotopic (exact) mass is 408 g/mol. The zero-order valence-electron chi connectivity index (χ0n) is 16.2. The molecule has 1 aliphatic rings. The van der Waals surface area contributed by atoms with Gasteiger partial charge >= 0.3 is 0 Å². The number of fused-ring (bicyclic) bond motifs is 1. The number of nitrogens with one attached hydrogen (secondary N) is 1. The molecule has 1 N–H and O–H groups in total. The van der Waals surface area contributed by atoms with E-state index in [0.717, 1.165) is 28.3 Å². The highest BCUT2D eigenvalue weighted by atomic mass is 32.2. The molecule has 1 fully saturated rings. The SMILES string of the molecule is O=C(NCCC1CCS(=O)(=O)CC1)c1ccc2cc(-c3ccncc3)ccc2c1. The highest BCUT2D eigenvalue weighted by Gasteiger charge is 2.23. The Labute approximate surface area is 171 Å². The second-order valence-electron chi connectivity index (χ2n) is 7.65. The quantitative estimate of drug-likeness (QED) is 0.696. The maximum Gasteiger partial charge on any atom is 0.251 e. The van der Waals surface area contributed by atoms with E-state index in [9.17, 15) is 13.2 Å². The third-order valence-electron chi connectivity index (χ3n) is 5.63. The third kappa shape index (κ3) is 4.82. The zero-order chi connectivity index (χ0) is 20.3. The predicted octanol–water partition coefficient (Wildman–Crippen LogP) is 3.85. The number of aromatic nitrogens is 1. The molecule has 5 nitrogen and oxygen atoms in total. The number of carbonyl (C=O) groups is 1. The lowest BCUT2D eigenvalue weighted by molar-refractivity contribution is 0.0951. The van der Waals surface area contributed by atoms with Crippen molar-refractivity contribution in [2.45, 2.75) is 19.3 Å². The van der Waals surface area contributed by atoms with Gasteiger partial charge in [-0.05, 0) is 77.4 Å². The van der Waals surface area contributed by atoms with Crippen molar-refractivity contribution in [3.63, 3.8) is 0 Å². The van der Waals surface area contributed by atoms with E-state index in [2.05, 4.69) is 22.4 Å². The van der Waals surface area contributed by atoms with E-state index < -0.39 is 9.84 Å². The molecule has 2 aromatic carbocycles. The first-order valence-electron chi connectivity index (χ1n) is 9.93. The summed E-state index contributed by atoms with van der Waals surface area (Å²) in [5.74, 6) is 0.839. The largest absolute Gasteiger partial charge is 0.352 e. The van der Waals surface area contributed by atoms with Crippen molar-refractivity contribution >= 4 is 26.5 Å². The van der Waals surface area contributed by atoms with Crippen LogP contribution in [0.1, 0.15) is 29.6 Å². The smallest absolute Gasteiger partial charge is 0.251 e. The Kier molecular flexibility index (Phi) is 5.62. The van der Waals surface area contributed by atoms with Crippen LogP contribution in [0.3, 0.4) is 0 Å². The highest BCUT2D eigenvalue weighted by Crippen LogP contribution is 2.25. The second kappa shape index (κ2) is 8.33. The molecule has 2 heterocycles. The Morgan fingerprint density at radius 3 is 2.38 bits per heavy atom. The molecular weight excluding hydrogens is 384 g/mol. The lowest BCUT2D eigenvalue weighted by Crippen LogP contribution is -2.29. The van der Waals surface area contributed by atoms with E-state index in [1.807, 2.05) is 36.4 Å². The van der Waals surface area contributed by atoms with Crippen LogP contribution in [0.15, 0.2) is 60.9 Å². The Morgan fingerprint density at radius 2 is 1.62 bits per heavy atom. The summed E-state index contributed by atoms with van der Waals surface area (Å²) < 4.78 is 23.0. The number of nitrogens with zero attached hydrogens (tertiary/aromatic N) is 1. The molecule has 4 rings (SSSR count). The van der Waals surface area contributed by atoms with Gasteiger partial charge in [0.05, 0.1) is 11.5 Å². The Balaban J connectivity index is 1.38. The van der Waals surface area contributed by atoms with Crippen LogP contribution in [0, 0.1) is 5.92 Å². The lowest BCUT2D eigenvalue weighted by atomic mass is 9.98. The van der Waals surface area contributed by atoms with Gasteiger partial charge in [0.15, 0.2) is 0 Å². The summed E-state index contributed by atoms with van der Waals surface area (Å²) in [6, 6.07) is 15.9. The van der Waals surface area contributed by atoms with Gasteiger partial charge in [0.1, 0.15) is 9.84 Å². The fraction of sp³-hybridized carbons (Fsp3) is 0.304. The summed E-state index contributed by atoms with van der Waals surface area (Å²) >= 11 is 0. The Hall–Kier alpha value is -2.73. The van der Waals surface area contributed by atoms with Crippen LogP contribution >= 0.6 is 0 Å². The number of rotatable bonds is 5. The van der Waals surface area contributed by atoms with Crippen LogP contribution in [-0.4, -0.2) is 37.4 Å². The molecule has 0 radical (unpaired) electrons. The summed E-state index contributed by atoms with van der Waals surface area (Å²) in [6.45, 7) is 0.572. The van der Waals surface area contributed by atoms with E-state index >= 15 is 0 Å². The number of benzene rings is 2. The van der Waals surface area contributed by atoms with E-state index in [4.69, 9.17) is 0 Å². The molecule has 0 saturated carbocycles. The van der Waals surface area contributed by atoms with Crippen LogP contribution in [0.5, 0.6) is 0 Å². The topological polar surface area (TPSA) is 76.1 Å². The van der Waals surface area contributed by atoms with Gasteiger partial charge in [-0.3, -0.25) is 9.78 Å². The van der Waals surface area contributed by atoms with Gasteiger partial charge in [-0.25, -0.2) is 8.42 Å². The van der Waals surface area contributed by atoms with Crippen LogP contribution in [-0.2, 0) is 9.84 Å². The van der Waals surface area contributed by atoms with E-state index in [1.165, 1.54) is 0 Å². The molecule has 0 spiro atoms. The van der Waals surface area contributed by atoms with Crippen molar-refractivity contribution in [1.82, 2.24) is 10.3 Å². The Bertz CT molecular complexity index is 1110. The predicted molar refractivity (Wildman–Crippen MR) is 116 cm³/mol. The molecule has 29 heavy (non-hydrogen) atoms. The normalized spacial score (nSPS) is 16.6. The lowest BCUT2D eigenvalue weighted by Gasteiger charge is -2.21. The van der Waals surface area contributed by atoms with Crippen molar-refractivity contribution in [2.75, 3.05) is 18.1 Å². The summed E-state index contributed by atoms with van der Waals surface area (Å²) in [5, 5.41) is 5.08. The zero-order valence-corrected chi connectivity index (χ0v) is 17.0. The molecule has 0 unspecified atom stereocenters. The van der Waals surface area contributed by atoms with Crippen LogP contribution < -0.4 is 5.32 Å². The average molecular weight is 409 g/mol. The van der Waals surface area contributed by atoms with Gasteiger partial charge in [0, 0.05) is 24.5 Å². The van der Waals surface area contributed by atoms with Gasteiger partial charge in [-0.15, -0.1) is 0 Å². The standard InChI is InChI=1S/C23H24N2O3S/c26-23(25-12-5-17-8-13-29(27,28)14-9-17)22-4-3-20-15-19(1-2-21(20)16-22)18-6-10-24-11-7-18/h1-4,6-7,10-11,15-17H,5,8-9,12-14H2,(H,25,26). The minimum atomic E-state index is -2.83. The summed E-state index contributed by atoms with van der Waals surface area (Å²) in [6.07, 6.45) is 5.78. The van der Waals surface area contributed by atoms with Crippen molar-refractivity contribution in [3.8, 4) is 11.1 Å².